The molecule has 188 valence electrons. The van der Waals surface area contributed by atoms with Crippen molar-refractivity contribution in [2.24, 2.45) is 7.05 Å². The van der Waals surface area contributed by atoms with Crippen molar-refractivity contribution in [3.63, 3.8) is 0 Å². The molecule has 1 aliphatic heterocycles. The number of methoxy groups -OCH3 is 1. The zero-order valence-electron chi connectivity index (χ0n) is 21.3. The van der Waals surface area contributed by atoms with Crippen LogP contribution in [0.25, 0.3) is 33.1 Å². The molecule has 1 aliphatic rings. The predicted octanol–water partition coefficient (Wildman–Crippen LogP) is 4.53. The molecule has 36 heavy (non-hydrogen) atoms. The number of amides is 1. The standard InChI is InChI=1S/C27H31N5O4/c1-27(2,3)36-26(34)31-11-8-18(9-12-31)32-13-10-22-19(25(32)33)6-7-21(28-22)20-14-17-16-30(4)29-23(17)15-24(20)35-5/h6-7,10,13-16,18H,8-9,11-12H2,1-5H3. The van der Waals surface area contributed by atoms with Gasteiger partial charge in [-0.3, -0.25) is 9.48 Å². The molecule has 0 bridgehead atoms. The topological polar surface area (TPSA) is 91.5 Å². The molecule has 0 aliphatic carbocycles. The highest BCUT2D eigenvalue weighted by molar-refractivity contribution is 5.89. The molecular formula is C27H31N5O4. The largest absolute Gasteiger partial charge is 0.496 e. The van der Waals surface area contributed by atoms with Crippen LogP contribution in [0.5, 0.6) is 5.75 Å². The van der Waals surface area contributed by atoms with Crippen LogP contribution in [0.1, 0.15) is 39.7 Å². The average Bonchev–Trinajstić information content (AvgIpc) is 3.21. The van der Waals surface area contributed by atoms with E-state index in [2.05, 4.69) is 5.10 Å². The van der Waals surface area contributed by atoms with Crippen LogP contribution in [0.15, 0.2) is 47.5 Å². The molecule has 0 unspecified atom stereocenters. The van der Waals surface area contributed by atoms with Crippen LogP contribution < -0.4 is 10.3 Å². The van der Waals surface area contributed by atoms with Crippen LogP contribution in [-0.4, -0.2) is 56.1 Å². The summed E-state index contributed by atoms with van der Waals surface area (Å²) in [4.78, 5) is 32.3. The van der Waals surface area contributed by atoms with Crippen LogP contribution in [0.3, 0.4) is 0 Å². The maximum Gasteiger partial charge on any atom is 0.410 e. The lowest BCUT2D eigenvalue weighted by atomic mass is 10.0. The van der Waals surface area contributed by atoms with E-state index in [0.717, 1.165) is 22.2 Å². The molecule has 9 nitrogen and oxygen atoms in total. The summed E-state index contributed by atoms with van der Waals surface area (Å²) in [6, 6.07) is 9.51. The minimum absolute atomic E-state index is 0.0216. The molecule has 1 saturated heterocycles. The molecule has 1 aromatic carbocycles. The normalized spacial score (nSPS) is 15.0. The Labute approximate surface area is 209 Å². The number of fused-ring (bicyclic) bond motifs is 2. The molecule has 4 aromatic rings. The maximum absolute atomic E-state index is 13.4. The Hall–Kier alpha value is -3.88. The van der Waals surface area contributed by atoms with Crippen molar-refractivity contribution < 1.29 is 14.3 Å². The second kappa shape index (κ2) is 8.96. The van der Waals surface area contributed by atoms with Crippen molar-refractivity contribution in [1.29, 1.82) is 0 Å². The van der Waals surface area contributed by atoms with E-state index in [0.29, 0.717) is 42.6 Å². The Morgan fingerprint density at radius 2 is 1.83 bits per heavy atom. The predicted molar refractivity (Wildman–Crippen MR) is 138 cm³/mol. The fourth-order valence-corrected chi connectivity index (χ4v) is 4.78. The molecule has 0 radical (unpaired) electrons. The first-order chi connectivity index (χ1) is 17.1. The van der Waals surface area contributed by atoms with Gasteiger partial charge in [0.05, 0.1) is 29.2 Å². The SMILES string of the molecule is COc1cc2nn(C)cc2cc1-c1ccc2c(=O)n(C3CCN(C(=O)OC(C)(C)C)CC3)ccc2n1. The average molecular weight is 490 g/mol. The van der Waals surface area contributed by atoms with Crippen molar-refractivity contribution in [3.05, 3.63) is 53.1 Å². The number of benzene rings is 1. The number of hydrogen-bond acceptors (Lipinski definition) is 6. The van der Waals surface area contributed by atoms with E-state index in [1.807, 2.05) is 70.5 Å². The third kappa shape index (κ3) is 4.53. The lowest BCUT2D eigenvalue weighted by Crippen LogP contribution is -2.43. The molecule has 0 saturated carbocycles. The zero-order valence-corrected chi connectivity index (χ0v) is 21.3. The number of rotatable bonds is 3. The van der Waals surface area contributed by atoms with Gasteiger partial charge in [0.15, 0.2) is 0 Å². The first kappa shape index (κ1) is 23.8. The third-order valence-electron chi connectivity index (χ3n) is 6.51. The highest BCUT2D eigenvalue weighted by Gasteiger charge is 2.28. The highest BCUT2D eigenvalue weighted by atomic mass is 16.6. The summed E-state index contributed by atoms with van der Waals surface area (Å²) in [6.07, 6.45) is 4.85. The van der Waals surface area contributed by atoms with Gasteiger partial charge in [-0.1, -0.05) is 0 Å². The van der Waals surface area contributed by atoms with Gasteiger partial charge in [0.1, 0.15) is 11.4 Å². The summed E-state index contributed by atoms with van der Waals surface area (Å²) in [6.45, 7) is 6.69. The quantitative estimate of drug-likeness (QED) is 0.420. The van der Waals surface area contributed by atoms with Crippen molar-refractivity contribution in [2.45, 2.75) is 45.3 Å². The molecule has 5 rings (SSSR count). The number of carbonyl (C=O) groups excluding carboxylic acids is 1. The number of aromatic nitrogens is 4. The smallest absolute Gasteiger partial charge is 0.410 e. The molecule has 1 amide bonds. The third-order valence-corrected chi connectivity index (χ3v) is 6.51. The Morgan fingerprint density at radius 3 is 2.53 bits per heavy atom. The van der Waals surface area contributed by atoms with E-state index in [1.54, 1.807) is 21.3 Å². The van der Waals surface area contributed by atoms with E-state index in [4.69, 9.17) is 14.5 Å². The molecule has 0 N–H and O–H groups in total. The first-order valence-electron chi connectivity index (χ1n) is 12.1. The number of ether oxygens (including phenoxy) is 2. The van der Waals surface area contributed by atoms with Gasteiger partial charge in [-0.15, -0.1) is 0 Å². The summed E-state index contributed by atoms with van der Waals surface area (Å²) in [7, 11) is 3.51. The Kier molecular flexibility index (Phi) is 5.94. The number of likely N-dealkylation sites (tertiary alicyclic amines) is 1. The Balaban J connectivity index is 1.41. The lowest BCUT2D eigenvalue weighted by Gasteiger charge is -2.34. The molecular weight excluding hydrogens is 458 g/mol. The molecule has 1 fully saturated rings. The Bertz CT molecular complexity index is 1510. The fourth-order valence-electron chi connectivity index (χ4n) is 4.78. The summed E-state index contributed by atoms with van der Waals surface area (Å²) < 4.78 is 14.6. The van der Waals surface area contributed by atoms with E-state index in [-0.39, 0.29) is 17.7 Å². The van der Waals surface area contributed by atoms with Gasteiger partial charge < -0.3 is 18.9 Å². The molecule has 4 heterocycles. The minimum atomic E-state index is -0.525. The summed E-state index contributed by atoms with van der Waals surface area (Å²) >= 11 is 0. The number of piperidine rings is 1. The molecule has 0 atom stereocenters. The van der Waals surface area contributed by atoms with Crippen molar-refractivity contribution >= 4 is 27.9 Å². The molecule has 0 spiro atoms. The van der Waals surface area contributed by atoms with Crippen LogP contribution >= 0.6 is 0 Å². The van der Waals surface area contributed by atoms with E-state index in [9.17, 15) is 9.59 Å². The van der Waals surface area contributed by atoms with Gasteiger partial charge in [0.25, 0.3) is 5.56 Å². The van der Waals surface area contributed by atoms with E-state index in [1.165, 1.54) is 0 Å². The van der Waals surface area contributed by atoms with Crippen molar-refractivity contribution in [1.82, 2.24) is 24.2 Å². The number of nitrogens with zero attached hydrogens (tertiary/aromatic N) is 5. The lowest BCUT2D eigenvalue weighted by molar-refractivity contribution is 0.0187. The maximum atomic E-state index is 13.4. The van der Waals surface area contributed by atoms with Crippen LogP contribution in [-0.2, 0) is 11.8 Å². The summed E-state index contributed by atoms with van der Waals surface area (Å²) in [5.41, 5.74) is 2.46. The number of aryl methyl sites for hydroxylation is 1. The summed E-state index contributed by atoms with van der Waals surface area (Å²) in [5, 5.41) is 6.00. The highest BCUT2D eigenvalue weighted by Crippen LogP contribution is 2.33. The van der Waals surface area contributed by atoms with Gasteiger partial charge in [0.2, 0.25) is 0 Å². The Morgan fingerprint density at radius 1 is 1.08 bits per heavy atom. The molecule has 3 aromatic heterocycles. The van der Waals surface area contributed by atoms with Gasteiger partial charge in [-0.05, 0) is 57.9 Å². The van der Waals surface area contributed by atoms with E-state index < -0.39 is 5.60 Å². The first-order valence-corrected chi connectivity index (χ1v) is 12.1. The monoisotopic (exact) mass is 489 g/mol. The second-order valence-corrected chi connectivity index (χ2v) is 10.3. The van der Waals surface area contributed by atoms with Gasteiger partial charge in [0, 0.05) is 55.6 Å². The second-order valence-electron chi connectivity index (χ2n) is 10.3. The van der Waals surface area contributed by atoms with Crippen LogP contribution in [0.2, 0.25) is 0 Å². The van der Waals surface area contributed by atoms with Crippen LogP contribution in [0, 0.1) is 0 Å². The van der Waals surface area contributed by atoms with Crippen molar-refractivity contribution in [2.75, 3.05) is 20.2 Å². The summed E-state index contributed by atoms with van der Waals surface area (Å²) in [5.74, 6) is 0.679. The molecule has 9 heteroatoms. The zero-order chi connectivity index (χ0) is 25.6. The number of carbonyl (C=O) groups is 1. The van der Waals surface area contributed by atoms with Crippen LogP contribution in [0.4, 0.5) is 4.79 Å². The number of pyridine rings is 2. The van der Waals surface area contributed by atoms with Crippen molar-refractivity contribution in [3.8, 4) is 17.0 Å². The van der Waals surface area contributed by atoms with E-state index >= 15 is 0 Å². The van der Waals surface area contributed by atoms with Gasteiger partial charge in [-0.2, -0.15) is 5.10 Å². The minimum Gasteiger partial charge on any atom is -0.496 e. The van der Waals surface area contributed by atoms with Gasteiger partial charge in [-0.25, -0.2) is 9.78 Å². The number of hydrogen-bond donors (Lipinski definition) is 0. The van der Waals surface area contributed by atoms with Gasteiger partial charge >= 0.3 is 6.09 Å². The fraction of sp³-hybridized carbons (Fsp3) is 0.407.